The van der Waals surface area contributed by atoms with Crippen LogP contribution in [0.5, 0.6) is 5.75 Å². The average Bonchev–Trinajstić information content (AvgIpc) is 2.46. The zero-order chi connectivity index (χ0) is 14.4. The molecule has 20 heavy (non-hydrogen) atoms. The lowest BCUT2D eigenvalue weighted by molar-refractivity contribution is 0.297. The van der Waals surface area contributed by atoms with Crippen molar-refractivity contribution in [1.82, 2.24) is 10.3 Å². The molecular weight excluding hydrogens is 340 g/mol. The molecule has 1 aromatic heterocycles. The summed E-state index contributed by atoms with van der Waals surface area (Å²) in [6.45, 7) is 4.10. The first-order valence-corrected chi connectivity index (χ1v) is 7.59. The Labute approximate surface area is 132 Å². The maximum absolute atomic E-state index is 6.22. The average molecular weight is 356 g/mol. The highest BCUT2D eigenvalue weighted by Crippen LogP contribution is 2.29. The molecule has 0 aliphatic rings. The van der Waals surface area contributed by atoms with Gasteiger partial charge in [-0.1, -0.05) is 30.7 Å². The standard InChI is InChI=1S/C15H16BrClN2O/c1-2-18-8-11-4-3-5-14(17)15(11)20-10-13-7-6-12(16)9-19-13/h3-7,9,18H,2,8,10H2,1H3. The van der Waals surface area contributed by atoms with Crippen LogP contribution in [0, 0.1) is 0 Å². The van der Waals surface area contributed by atoms with Crippen LogP contribution in [0.25, 0.3) is 0 Å². The molecule has 3 nitrogen and oxygen atoms in total. The third-order valence-corrected chi connectivity index (χ3v) is 3.53. The molecule has 0 radical (unpaired) electrons. The summed E-state index contributed by atoms with van der Waals surface area (Å²) in [4.78, 5) is 4.28. The smallest absolute Gasteiger partial charge is 0.142 e. The summed E-state index contributed by atoms with van der Waals surface area (Å²) >= 11 is 9.58. The van der Waals surface area contributed by atoms with Gasteiger partial charge in [0.1, 0.15) is 12.4 Å². The van der Waals surface area contributed by atoms with Crippen LogP contribution in [0.4, 0.5) is 0 Å². The minimum absolute atomic E-state index is 0.399. The molecule has 0 aliphatic carbocycles. The van der Waals surface area contributed by atoms with Crippen LogP contribution < -0.4 is 10.1 Å². The maximum Gasteiger partial charge on any atom is 0.142 e. The number of hydrogen-bond acceptors (Lipinski definition) is 3. The number of aromatic nitrogens is 1. The van der Waals surface area contributed by atoms with E-state index in [4.69, 9.17) is 16.3 Å². The molecule has 0 amide bonds. The van der Waals surface area contributed by atoms with Crippen molar-refractivity contribution < 1.29 is 4.74 Å². The second kappa shape index (κ2) is 7.62. The van der Waals surface area contributed by atoms with Crippen molar-refractivity contribution >= 4 is 27.5 Å². The third kappa shape index (κ3) is 4.20. The van der Waals surface area contributed by atoms with E-state index >= 15 is 0 Å². The Bertz CT molecular complexity index is 560. The van der Waals surface area contributed by atoms with Gasteiger partial charge in [0.25, 0.3) is 0 Å². The lowest BCUT2D eigenvalue weighted by Gasteiger charge is -2.13. The molecule has 0 spiro atoms. The van der Waals surface area contributed by atoms with Crippen molar-refractivity contribution in [2.75, 3.05) is 6.54 Å². The number of rotatable bonds is 6. The Morgan fingerprint density at radius 2 is 2.15 bits per heavy atom. The summed E-state index contributed by atoms with van der Waals surface area (Å²) in [7, 11) is 0. The van der Waals surface area contributed by atoms with Crippen LogP contribution in [0.3, 0.4) is 0 Å². The van der Waals surface area contributed by atoms with Crippen molar-refractivity contribution in [1.29, 1.82) is 0 Å². The Morgan fingerprint density at radius 3 is 2.85 bits per heavy atom. The van der Waals surface area contributed by atoms with Crippen molar-refractivity contribution in [3.8, 4) is 5.75 Å². The molecule has 0 unspecified atom stereocenters. The van der Waals surface area contributed by atoms with E-state index in [1.165, 1.54) is 0 Å². The predicted octanol–water partition coefficient (Wildman–Crippen LogP) is 4.19. The minimum atomic E-state index is 0.399. The molecule has 1 aromatic carbocycles. The number of pyridine rings is 1. The zero-order valence-electron chi connectivity index (χ0n) is 11.2. The van der Waals surface area contributed by atoms with E-state index in [0.29, 0.717) is 11.6 Å². The molecule has 1 N–H and O–H groups in total. The number of benzene rings is 1. The Balaban J connectivity index is 2.09. The SMILES string of the molecule is CCNCc1cccc(Cl)c1OCc1ccc(Br)cn1. The minimum Gasteiger partial charge on any atom is -0.485 e. The van der Waals surface area contributed by atoms with Gasteiger partial charge in [0.15, 0.2) is 0 Å². The summed E-state index contributed by atoms with van der Waals surface area (Å²) in [6, 6.07) is 9.64. The molecular formula is C15H16BrClN2O. The fraction of sp³-hybridized carbons (Fsp3) is 0.267. The van der Waals surface area contributed by atoms with Crippen LogP contribution in [-0.2, 0) is 13.2 Å². The fourth-order valence-corrected chi connectivity index (χ4v) is 2.24. The lowest BCUT2D eigenvalue weighted by Crippen LogP contribution is -2.13. The van der Waals surface area contributed by atoms with E-state index in [-0.39, 0.29) is 0 Å². The van der Waals surface area contributed by atoms with Gasteiger partial charge in [0.05, 0.1) is 10.7 Å². The summed E-state index contributed by atoms with van der Waals surface area (Å²) in [5.74, 6) is 0.722. The van der Waals surface area contributed by atoms with Gasteiger partial charge >= 0.3 is 0 Å². The maximum atomic E-state index is 6.22. The lowest BCUT2D eigenvalue weighted by atomic mass is 10.2. The van der Waals surface area contributed by atoms with Crippen molar-refractivity contribution in [3.63, 3.8) is 0 Å². The Kier molecular flexibility index (Phi) is 5.83. The first kappa shape index (κ1) is 15.3. The van der Waals surface area contributed by atoms with E-state index in [0.717, 1.165) is 34.6 Å². The van der Waals surface area contributed by atoms with Gasteiger partial charge in [-0.05, 0) is 40.7 Å². The first-order chi connectivity index (χ1) is 9.70. The number of nitrogens with one attached hydrogen (secondary N) is 1. The number of nitrogens with zero attached hydrogens (tertiary/aromatic N) is 1. The fourth-order valence-electron chi connectivity index (χ4n) is 1.75. The van der Waals surface area contributed by atoms with Gasteiger partial charge in [0.2, 0.25) is 0 Å². The second-order valence-corrected chi connectivity index (χ2v) is 5.59. The largest absolute Gasteiger partial charge is 0.485 e. The monoisotopic (exact) mass is 354 g/mol. The van der Waals surface area contributed by atoms with Crippen LogP contribution in [0.1, 0.15) is 18.2 Å². The normalized spacial score (nSPS) is 10.6. The Morgan fingerprint density at radius 1 is 1.30 bits per heavy atom. The molecule has 0 fully saturated rings. The molecule has 0 saturated heterocycles. The highest BCUT2D eigenvalue weighted by Gasteiger charge is 2.08. The van der Waals surface area contributed by atoms with Crippen molar-refractivity contribution in [3.05, 3.63) is 57.3 Å². The number of para-hydroxylation sites is 1. The van der Waals surface area contributed by atoms with Gasteiger partial charge in [-0.15, -0.1) is 0 Å². The summed E-state index contributed by atoms with van der Waals surface area (Å²) in [6.07, 6.45) is 1.75. The van der Waals surface area contributed by atoms with Crippen LogP contribution in [-0.4, -0.2) is 11.5 Å². The topological polar surface area (TPSA) is 34.1 Å². The molecule has 1 heterocycles. The number of hydrogen-bond donors (Lipinski definition) is 1. The second-order valence-electron chi connectivity index (χ2n) is 4.26. The number of ether oxygens (including phenoxy) is 1. The van der Waals surface area contributed by atoms with Crippen molar-refractivity contribution in [2.45, 2.75) is 20.1 Å². The van der Waals surface area contributed by atoms with Crippen LogP contribution in [0.15, 0.2) is 41.0 Å². The quantitative estimate of drug-likeness (QED) is 0.844. The molecule has 5 heteroatoms. The van der Waals surface area contributed by atoms with Gasteiger partial charge in [0, 0.05) is 22.8 Å². The van der Waals surface area contributed by atoms with Gasteiger partial charge < -0.3 is 10.1 Å². The molecule has 0 saturated carbocycles. The molecule has 2 rings (SSSR count). The summed E-state index contributed by atoms with van der Waals surface area (Å²) < 4.78 is 6.79. The number of halogens is 2. The van der Waals surface area contributed by atoms with E-state index in [1.54, 1.807) is 6.20 Å². The third-order valence-electron chi connectivity index (χ3n) is 2.77. The molecule has 0 aliphatic heterocycles. The highest BCUT2D eigenvalue weighted by atomic mass is 79.9. The van der Waals surface area contributed by atoms with Crippen LogP contribution in [0.2, 0.25) is 5.02 Å². The summed E-state index contributed by atoms with van der Waals surface area (Å²) in [5, 5.41) is 3.90. The van der Waals surface area contributed by atoms with E-state index in [2.05, 4.69) is 33.2 Å². The van der Waals surface area contributed by atoms with Gasteiger partial charge in [-0.25, -0.2) is 0 Å². The van der Waals surface area contributed by atoms with Crippen molar-refractivity contribution in [2.24, 2.45) is 0 Å². The highest BCUT2D eigenvalue weighted by molar-refractivity contribution is 9.10. The zero-order valence-corrected chi connectivity index (χ0v) is 13.5. The molecule has 0 bridgehead atoms. The predicted molar refractivity (Wildman–Crippen MR) is 85.1 cm³/mol. The molecule has 2 aromatic rings. The van der Waals surface area contributed by atoms with Crippen LogP contribution >= 0.6 is 27.5 Å². The molecule has 0 atom stereocenters. The van der Waals surface area contributed by atoms with Gasteiger partial charge in [-0.3, -0.25) is 4.98 Å². The first-order valence-electron chi connectivity index (χ1n) is 6.42. The molecule has 106 valence electrons. The Hall–Kier alpha value is -1.10. The van der Waals surface area contributed by atoms with E-state index in [9.17, 15) is 0 Å². The summed E-state index contributed by atoms with van der Waals surface area (Å²) in [5.41, 5.74) is 1.92. The van der Waals surface area contributed by atoms with E-state index < -0.39 is 0 Å². The van der Waals surface area contributed by atoms with Gasteiger partial charge in [-0.2, -0.15) is 0 Å². The van der Waals surface area contributed by atoms with E-state index in [1.807, 2.05) is 30.3 Å².